The quantitative estimate of drug-likeness (QED) is 0.661. The van der Waals surface area contributed by atoms with Gasteiger partial charge in [-0.2, -0.15) is 0 Å². The SMILES string of the molecule is CC(=O)O[C@H]1CCc2cc(C)ccc2O1. The van der Waals surface area contributed by atoms with E-state index < -0.39 is 6.29 Å². The van der Waals surface area contributed by atoms with Gasteiger partial charge < -0.3 is 9.47 Å². The lowest BCUT2D eigenvalue weighted by molar-refractivity contribution is -0.162. The number of ether oxygens (including phenoxy) is 2. The van der Waals surface area contributed by atoms with Crippen LogP contribution in [-0.2, 0) is 16.0 Å². The molecule has 3 heteroatoms. The van der Waals surface area contributed by atoms with Crippen LogP contribution in [-0.4, -0.2) is 12.3 Å². The first-order valence-electron chi connectivity index (χ1n) is 5.08. The first-order chi connectivity index (χ1) is 7.15. The van der Waals surface area contributed by atoms with Gasteiger partial charge in [0.05, 0.1) is 0 Å². The van der Waals surface area contributed by atoms with E-state index in [0.29, 0.717) is 0 Å². The largest absolute Gasteiger partial charge is 0.454 e. The molecule has 1 atom stereocenters. The number of rotatable bonds is 1. The van der Waals surface area contributed by atoms with Gasteiger partial charge >= 0.3 is 5.97 Å². The van der Waals surface area contributed by atoms with Gasteiger partial charge in [-0.15, -0.1) is 0 Å². The summed E-state index contributed by atoms with van der Waals surface area (Å²) in [7, 11) is 0. The van der Waals surface area contributed by atoms with E-state index in [0.717, 1.165) is 18.6 Å². The normalized spacial score (nSPS) is 18.9. The van der Waals surface area contributed by atoms with Gasteiger partial charge in [-0.25, -0.2) is 0 Å². The minimum absolute atomic E-state index is 0.296. The van der Waals surface area contributed by atoms with Crippen LogP contribution in [0.25, 0.3) is 0 Å². The van der Waals surface area contributed by atoms with Crippen LogP contribution in [0.2, 0.25) is 0 Å². The van der Waals surface area contributed by atoms with Gasteiger partial charge in [-0.1, -0.05) is 17.7 Å². The van der Waals surface area contributed by atoms with Crippen LogP contribution in [0, 0.1) is 6.92 Å². The maximum Gasteiger partial charge on any atom is 0.305 e. The van der Waals surface area contributed by atoms with Crippen LogP contribution in [0.4, 0.5) is 0 Å². The van der Waals surface area contributed by atoms with Crippen LogP contribution < -0.4 is 4.74 Å². The van der Waals surface area contributed by atoms with Crippen LogP contribution >= 0.6 is 0 Å². The second kappa shape index (κ2) is 3.93. The Morgan fingerprint density at radius 1 is 1.53 bits per heavy atom. The summed E-state index contributed by atoms with van der Waals surface area (Å²) < 4.78 is 10.6. The monoisotopic (exact) mass is 206 g/mol. The number of fused-ring (bicyclic) bond motifs is 1. The number of hydrogen-bond acceptors (Lipinski definition) is 3. The van der Waals surface area contributed by atoms with Crippen LogP contribution in [0.15, 0.2) is 18.2 Å². The maximum absolute atomic E-state index is 10.8. The molecule has 0 aliphatic carbocycles. The van der Waals surface area contributed by atoms with E-state index in [2.05, 4.69) is 13.0 Å². The third kappa shape index (κ3) is 2.29. The molecule has 0 amide bonds. The molecule has 1 aromatic rings. The molecule has 1 aliphatic heterocycles. The Morgan fingerprint density at radius 3 is 3.07 bits per heavy atom. The summed E-state index contributed by atoms with van der Waals surface area (Å²) in [6.07, 6.45) is 1.21. The summed E-state index contributed by atoms with van der Waals surface area (Å²) in [5, 5.41) is 0. The molecule has 2 rings (SSSR count). The molecule has 0 saturated carbocycles. The molecular formula is C12H14O3. The summed E-state index contributed by atoms with van der Waals surface area (Å²) in [5.41, 5.74) is 2.42. The summed E-state index contributed by atoms with van der Waals surface area (Å²) in [4.78, 5) is 10.8. The molecule has 0 saturated heterocycles. The highest BCUT2D eigenvalue weighted by Crippen LogP contribution is 2.28. The smallest absolute Gasteiger partial charge is 0.305 e. The van der Waals surface area contributed by atoms with Crippen LogP contribution in [0.5, 0.6) is 5.75 Å². The Kier molecular flexibility index (Phi) is 2.62. The number of hydrogen-bond donors (Lipinski definition) is 0. The van der Waals surface area contributed by atoms with Gasteiger partial charge in [0.15, 0.2) is 0 Å². The van der Waals surface area contributed by atoms with E-state index in [-0.39, 0.29) is 5.97 Å². The third-order valence-electron chi connectivity index (χ3n) is 2.42. The lowest BCUT2D eigenvalue weighted by Gasteiger charge is -2.25. The summed E-state index contributed by atoms with van der Waals surface area (Å²) in [5.74, 6) is 0.536. The Morgan fingerprint density at radius 2 is 2.33 bits per heavy atom. The van der Waals surface area contributed by atoms with Gasteiger partial charge in [0.25, 0.3) is 0 Å². The van der Waals surface area contributed by atoms with Crippen molar-refractivity contribution in [2.75, 3.05) is 0 Å². The highest BCUT2D eigenvalue weighted by Gasteiger charge is 2.21. The molecule has 0 unspecified atom stereocenters. The van der Waals surface area contributed by atoms with Gasteiger partial charge in [-0.05, 0) is 25.0 Å². The van der Waals surface area contributed by atoms with Crippen molar-refractivity contribution in [1.82, 2.24) is 0 Å². The summed E-state index contributed by atoms with van der Waals surface area (Å²) in [6.45, 7) is 3.45. The molecule has 1 heterocycles. The van der Waals surface area contributed by atoms with Gasteiger partial charge in [-0.3, -0.25) is 4.79 Å². The Bertz CT molecular complexity index is 384. The van der Waals surface area contributed by atoms with Gasteiger partial charge in [0.1, 0.15) is 5.75 Å². The maximum atomic E-state index is 10.8. The molecule has 1 aromatic carbocycles. The van der Waals surface area contributed by atoms with Crippen LogP contribution in [0.3, 0.4) is 0 Å². The average molecular weight is 206 g/mol. The fraction of sp³-hybridized carbons (Fsp3) is 0.417. The van der Waals surface area contributed by atoms with E-state index in [9.17, 15) is 4.79 Å². The van der Waals surface area contributed by atoms with Crippen molar-refractivity contribution < 1.29 is 14.3 Å². The highest BCUT2D eigenvalue weighted by atomic mass is 16.7. The van der Waals surface area contributed by atoms with Crippen molar-refractivity contribution >= 4 is 5.97 Å². The van der Waals surface area contributed by atoms with Gasteiger partial charge in [0, 0.05) is 13.3 Å². The fourth-order valence-corrected chi connectivity index (χ4v) is 1.76. The Hall–Kier alpha value is -1.51. The van der Waals surface area contributed by atoms with E-state index in [1.807, 2.05) is 12.1 Å². The molecule has 0 N–H and O–H groups in total. The number of carbonyl (C=O) groups excluding carboxylic acids is 1. The topological polar surface area (TPSA) is 35.5 Å². The summed E-state index contributed by atoms with van der Waals surface area (Å²) >= 11 is 0. The molecule has 1 aliphatic rings. The second-order valence-corrected chi connectivity index (χ2v) is 3.81. The van der Waals surface area contributed by atoms with Crippen molar-refractivity contribution in [3.8, 4) is 5.75 Å². The van der Waals surface area contributed by atoms with Crippen molar-refractivity contribution in [3.05, 3.63) is 29.3 Å². The Balaban J connectivity index is 2.13. The molecule has 0 bridgehead atoms. The van der Waals surface area contributed by atoms with E-state index in [4.69, 9.17) is 9.47 Å². The van der Waals surface area contributed by atoms with E-state index in [1.165, 1.54) is 18.1 Å². The van der Waals surface area contributed by atoms with Crippen LogP contribution in [0.1, 0.15) is 24.5 Å². The Labute approximate surface area is 89.0 Å². The molecule has 15 heavy (non-hydrogen) atoms. The summed E-state index contributed by atoms with van der Waals surface area (Å²) in [6, 6.07) is 6.04. The fourth-order valence-electron chi connectivity index (χ4n) is 1.76. The first kappa shape index (κ1) is 10.0. The molecular weight excluding hydrogens is 192 g/mol. The highest BCUT2D eigenvalue weighted by molar-refractivity contribution is 5.66. The second-order valence-electron chi connectivity index (χ2n) is 3.81. The van der Waals surface area contributed by atoms with E-state index >= 15 is 0 Å². The molecule has 0 radical (unpaired) electrons. The van der Waals surface area contributed by atoms with Crippen molar-refractivity contribution in [2.24, 2.45) is 0 Å². The molecule has 0 aromatic heterocycles. The number of carbonyl (C=O) groups is 1. The zero-order chi connectivity index (χ0) is 10.8. The zero-order valence-electron chi connectivity index (χ0n) is 8.95. The minimum Gasteiger partial charge on any atom is -0.454 e. The number of esters is 1. The molecule has 0 fully saturated rings. The lowest BCUT2D eigenvalue weighted by atomic mass is 10.0. The molecule has 3 nitrogen and oxygen atoms in total. The van der Waals surface area contributed by atoms with Crippen molar-refractivity contribution in [2.45, 2.75) is 33.0 Å². The van der Waals surface area contributed by atoms with Crippen molar-refractivity contribution in [3.63, 3.8) is 0 Å². The lowest BCUT2D eigenvalue weighted by Crippen LogP contribution is -2.27. The third-order valence-corrected chi connectivity index (χ3v) is 2.42. The standard InChI is InChI=1S/C12H14O3/c1-8-3-5-11-10(7-8)4-6-12(15-11)14-9(2)13/h3,5,7,12H,4,6H2,1-2H3/t12-/m1/s1. The predicted molar refractivity (Wildman–Crippen MR) is 55.7 cm³/mol. The van der Waals surface area contributed by atoms with E-state index in [1.54, 1.807) is 0 Å². The zero-order valence-corrected chi connectivity index (χ0v) is 8.95. The average Bonchev–Trinajstić information content (AvgIpc) is 2.17. The van der Waals surface area contributed by atoms with Crippen molar-refractivity contribution in [1.29, 1.82) is 0 Å². The molecule has 80 valence electrons. The minimum atomic E-state index is -0.419. The predicted octanol–water partition coefficient (Wildman–Crippen LogP) is 2.21. The number of aryl methyl sites for hydroxylation is 2. The van der Waals surface area contributed by atoms with Gasteiger partial charge in [0.2, 0.25) is 6.29 Å². The first-order valence-corrected chi connectivity index (χ1v) is 5.08. The number of benzene rings is 1. The molecule has 0 spiro atoms.